The lowest BCUT2D eigenvalue weighted by molar-refractivity contribution is 0.666. The van der Waals surface area contributed by atoms with Gasteiger partial charge in [-0.1, -0.05) is 62.2 Å². The minimum atomic E-state index is 0.614. The number of rotatable bonds is 3. The third-order valence-electron chi connectivity index (χ3n) is 4.10. The molecular weight excluding hydrogens is 216 g/mol. The summed E-state index contributed by atoms with van der Waals surface area (Å²) in [6, 6.07) is 11.2. The van der Waals surface area contributed by atoms with Crippen molar-refractivity contribution in [2.75, 3.05) is 0 Å². The van der Waals surface area contributed by atoms with Crippen LogP contribution >= 0.6 is 0 Å². The second-order valence-electron chi connectivity index (χ2n) is 5.35. The third kappa shape index (κ3) is 1.77. The van der Waals surface area contributed by atoms with Gasteiger partial charge in [0, 0.05) is 5.92 Å². The smallest absolute Gasteiger partial charge is 0.00276 e. The Hall–Kier alpha value is -1.56. The van der Waals surface area contributed by atoms with Crippen LogP contribution in [0, 0.1) is 6.92 Å². The second kappa shape index (κ2) is 4.61. The lowest BCUT2D eigenvalue weighted by Gasteiger charge is -2.22. The molecule has 92 valence electrons. The van der Waals surface area contributed by atoms with Crippen molar-refractivity contribution in [2.24, 2.45) is 0 Å². The zero-order chi connectivity index (χ0) is 12.5. The highest BCUT2D eigenvalue weighted by Crippen LogP contribution is 2.38. The minimum Gasteiger partial charge on any atom is -0.0764 e. The lowest BCUT2D eigenvalue weighted by atomic mass is 9.82. The first-order valence-electron chi connectivity index (χ1n) is 7.01. The Kier molecular flexibility index (Phi) is 2.95. The molecule has 0 spiro atoms. The monoisotopic (exact) mass is 236 g/mol. The predicted octanol–water partition coefficient (Wildman–Crippen LogP) is 5.45. The first-order chi connectivity index (χ1) is 8.81. The molecule has 0 nitrogen and oxygen atoms in total. The van der Waals surface area contributed by atoms with Gasteiger partial charge in [0.05, 0.1) is 0 Å². The van der Waals surface area contributed by atoms with Crippen LogP contribution in [-0.4, -0.2) is 0 Å². The molecule has 0 radical (unpaired) electrons. The van der Waals surface area contributed by atoms with E-state index in [0.717, 1.165) is 0 Å². The van der Waals surface area contributed by atoms with Crippen molar-refractivity contribution >= 4 is 16.8 Å². The molecule has 0 aromatic heterocycles. The van der Waals surface area contributed by atoms with Crippen molar-refractivity contribution in [3.8, 4) is 0 Å². The molecule has 2 aromatic carbocycles. The molecule has 0 bridgehead atoms. The van der Waals surface area contributed by atoms with Gasteiger partial charge in [-0.15, -0.1) is 0 Å². The summed E-state index contributed by atoms with van der Waals surface area (Å²) in [5, 5.41) is 2.88. The molecule has 0 amide bonds. The third-order valence-corrected chi connectivity index (χ3v) is 4.10. The van der Waals surface area contributed by atoms with Crippen LogP contribution in [0.1, 0.15) is 48.8 Å². The molecule has 0 heterocycles. The fourth-order valence-electron chi connectivity index (χ4n) is 3.06. The predicted molar refractivity (Wildman–Crippen MR) is 80.0 cm³/mol. The Morgan fingerprint density at radius 3 is 2.83 bits per heavy atom. The molecule has 0 N–H and O–H groups in total. The minimum absolute atomic E-state index is 0.614. The SMILES string of the molecule is CCCCC1C=Cc2c(C)ccc3cccc1c23. The van der Waals surface area contributed by atoms with Gasteiger partial charge >= 0.3 is 0 Å². The van der Waals surface area contributed by atoms with E-state index in [0.29, 0.717) is 5.92 Å². The van der Waals surface area contributed by atoms with Gasteiger partial charge in [0.25, 0.3) is 0 Å². The first kappa shape index (κ1) is 11.5. The maximum absolute atomic E-state index is 2.40. The number of aryl methyl sites for hydroxylation is 1. The first-order valence-corrected chi connectivity index (χ1v) is 7.01. The molecule has 0 saturated carbocycles. The summed E-state index contributed by atoms with van der Waals surface area (Å²) in [7, 11) is 0. The molecule has 2 aromatic rings. The highest BCUT2D eigenvalue weighted by molar-refractivity contribution is 5.96. The maximum Gasteiger partial charge on any atom is 0.00276 e. The van der Waals surface area contributed by atoms with Gasteiger partial charge in [0.1, 0.15) is 0 Å². The van der Waals surface area contributed by atoms with Crippen molar-refractivity contribution in [1.82, 2.24) is 0 Å². The van der Waals surface area contributed by atoms with Gasteiger partial charge < -0.3 is 0 Å². The summed E-state index contributed by atoms with van der Waals surface area (Å²) in [5.41, 5.74) is 4.35. The van der Waals surface area contributed by atoms with Crippen LogP contribution in [0.25, 0.3) is 16.8 Å². The van der Waals surface area contributed by atoms with Crippen LogP contribution in [0.3, 0.4) is 0 Å². The Balaban J connectivity index is 2.18. The number of allylic oxidation sites excluding steroid dienone is 1. The summed E-state index contributed by atoms with van der Waals surface area (Å²) < 4.78 is 0. The normalized spacial score (nSPS) is 17.3. The molecule has 1 aliphatic carbocycles. The summed E-state index contributed by atoms with van der Waals surface area (Å²) in [4.78, 5) is 0. The van der Waals surface area contributed by atoms with Crippen LogP contribution in [0.15, 0.2) is 36.4 Å². The fourth-order valence-corrected chi connectivity index (χ4v) is 3.06. The number of hydrogen-bond acceptors (Lipinski definition) is 0. The van der Waals surface area contributed by atoms with Gasteiger partial charge in [-0.05, 0) is 40.8 Å². The van der Waals surface area contributed by atoms with E-state index in [2.05, 4.69) is 56.3 Å². The largest absolute Gasteiger partial charge is 0.0764 e. The molecule has 0 aliphatic heterocycles. The Labute approximate surface area is 109 Å². The van der Waals surface area contributed by atoms with E-state index in [1.165, 1.54) is 46.7 Å². The van der Waals surface area contributed by atoms with Crippen molar-refractivity contribution in [3.05, 3.63) is 53.1 Å². The van der Waals surface area contributed by atoms with Crippen molar-refractivity contribution in [1.29, 1.82) is 0 Å². The van der Waals surface area contributed by atoms with E-state index in [4.69, 9.17) is 0 Å². The van der Waals surface area contributed by atoms with E-state index in [-0.39, 0.29) is 0 Å². The molecule has 1 atom stereocenters. The molecular formula is C18H20. The number of unbranched alkanes of at least 4 members (excludes halogenated alkanes) is 1. The maximum atomic E-state index is 2.40. The highest BCUT2D eigenvalue weighted by atomic mass is 14.2. The van der Waals surface area contributed by atoms with Crippen LogP contribution in [0.4, 0.5) is 0 Å². The lowest BCUT2D eigenvalue weighted by Crippen LogP contribution is -2.02. The molecule has 0 fully saturated rings. The Morgan fingerprint density at radius 2 is 2.00 bits per heavy atom. The molecule has 1 unspecified atom stereocenters. The van der Waals surface area contributed by atoms with Crippen LogP contribution in [-0.2, 0) is 0 Å². The highest BCUT2D eigenvalue weighted by Gasteiger charge is 2.17. The van der Waals surface area contributed by atoms with E-state index < -0.39 is 0 Å². The summed E-state index contributed by atoms with van der Waals surface area (Å²) in [6.07, 6.45) is 8.61. The van der Waals surface area contributed by atoms with Crippen molar-refractivity contribution < 1.29 is 0 Å². The van der Waals surface area contributed by atoms with E-state index in [1.54, 1.807) is 0 Å². The van der Waals surface area contributed by atoms with Gasteiger partial charge in [-0.2, -0.15) is 0 Å². The molecule has 0 heteroatoms. The number of hydrogen-bond donors (Lipinski definition) is 0. The molecule has 3 rings (SSSR count). The van der Waals surface area contributed by atoms with Crippen LogP contribution in [0.2, 0.25) is 0 Å². The Bertz CT molecular complexity index is 605. The zero-order valence-corrected chi connectivity index (χ0v) is 11.2. The topological polar surface area (TPSA) is 0 Å². The van der Waals surface area contributed by atoms with E-state index in [9.17, 15) is 0 Å². The average molecular weight is 236 g/mol. The fraction of sp³-hybridized carbons (Fsp3) is 0.333. The van der Waals surface area contributed by atoms with Crippen molar-refractivity contribution in [3.63, 3.8) is 0 Å². The average Bonchev–Trinajstić information content (AvgIpc) is 2.41. The molecule has 0 saturated heterocycles. The van der Waals surface area contributed by atoms with Gasteiger partial charge in [-0.25, -0.2) is 0 Å². The summed E-state index contributed by atoms with van der Waals surface area (Å²) in [6.45, 7) is 4.48. The quantitative estimate of drug-likeness (QED) is 0.664. The Morgan fingerprint density at radius 1 is 1.11 bits per heavy atom. The van der Waals surface area contributed by atoms with Crippen LogP contribution < -0.4 is 0 Å². The standard InChI is InChI=1S/C18H20/c1-3-4-6-14-11-12-16-13(2)9-10-15-7-5-8-17(14)18(15)16/h5,7-12,14H,3-4,6H2,1-2H3. The summed E-state index contributed by atoms with van der Waals surface area (Å²) >= 11 is 0. The number of benzene rings is 2. The van der Waals surface area contributed by atoms with Gasteiger partial charge in [0.15, 0.2) is 0 Å². The van der Waals surface area contributed by atoms with Gasteiger partial charge in [-0.3, -0.25) is 0 Å². The van der Waals surface area contributed by atoms with E-state index in [1.807, 2.05) is 0 Å². The summed E-state index contributed by atoms with van der Waals surface area (Å²) in [5.74, 6) is 0.614. The van der Waals surface area contributed by atoms with Crippen LogP contribution in [0.5, 0.6) is 0 Å². The zero-order valence-electron chi connectivity index (χ0n) is 11.2. The van der Waals surface area contributed by atoms with Crippen molar-refractivity contribution in [2.45, 2.75) is 39.0 Å². The van der Waals surface area contributed by atoms with Gasteiger partial charge in [0.2, 0.25) is 0 Å². The molecule has 1 aliphatic rings. The second-order valence-corrected chi connectivity index (χ2v) is 5.35. The molecule has 18 heavy (non-hydrogen) atoms. The van der Waals surface area contributed by atoms with E-state index >= 15 is 0 Å².